The second-order valence-electron chi connectivity index (χ2n) is 6.74. The molecule has 0 spiro atoms. The van der Waals surface area contributed by atoms with E-state index in [2.05, 4.69) is 5.32 Å². The lowest BCUT2D eigenvalue weighted by atomic mass is 10.0. The molecule has 2 aromatic rings. The lowest BCUT2D eigenvalue weighted by Gasteiger charge is -2.22. The topological polar surface area (TPSA) is 49.4 Å². The van der Waals surface area contributed by atoms with E-state index in [4.69, 9.17) is 0 Å². The van der Waals surface area contributed by atoms with Crippen LogP contribution in [0, 0.1) is 17.6 Å². The Bertz CT molecular complexity index is 851. The van der Waals surface area contributed by atoms with Crippen molar-refractivity contribution in [3.05, 3.63) is 59.7 Å². The van der Waals surface area contributed by atoms with Crippen molar-refractivity contribution >= 4 is 23.2 Å². The predicted molar refractivity (Wildman–Crippen MR) is 96.0 cm³/mol. The molecule has 1 aliphatic rings. The van der Waals surface area contributed by atoms with Gasteiger partial charge in [0, 0.05) is 30.4 Å². The van der Waals surface area contributed by atoms with E-state index in [1.165, 1.54) is 6.07 Å². The first-order chi connectivity index (χ1) is 12.4. The Labute approximate surface area is 150 Å². The second kappa shape index (κ2) is 7.23. The van der Waals surface area contributed by atoms with E-state index in [0.717, 1.165) is 23.4 Å². The molecule has 1 atom stereocenters. The normalized spacial score (nSPS) is 17.0. The molecule has 0 aromatic heterocycles. The quantitative estimate of drug-likeness (QED) is 0.895. The van der Waals surface area contributed by atoms with Gasteiger partial charge in [-0.25, -0.2) is 8.78 Å². The van der Waals surface area contributed by atoms with Crippen molar-refractivity contribution < 1.29 is 18.4 Å². The van der Waals surface area contributed by atoms with Crippen LogP contribution in [0.25, 0.3) is 0 Å². The highest BCUT2D eigenvalue weighted by Gasteiger charge is 2.36. The van der Waals surface area contributed by atoms with Crippen LogP contribution in [0.5, 0.6) is 0 Å². The van der Waals surface area contributed by atoms with Gasteiger partial charge in [-0.05, 0) is 29.7 Å². The van der Waals surface area contributed by atoms with Crippen LogP contribution in [0.3, 0.4) is 0 Å². The minimum atomic E-state index is -1.03. The zero-order valence-corrected chi connectivity index (χ0v) is 14.6. The molecule has 1 fully saturated rings. The van der Waals surface area contributed by atoms with Gasteiger partial charge < -0.3 is 10.2 Å². The Morgan fingerprint density at radius 1 is 1.15 bits per heavy atom. The molecule has 0 saturated carbocycles. The Kier molecular flexibility index (Phi) is 5.02. The van der Waals surface area contributed by atoms with E-state index < -0.39 is 17.6 Å². The summed E-state index contributed by atoms with van der Waals surface area (Å²) in [6.45, 7) is 4.36. The van der Waals surface area contributed by atoms with Crippen LogP contribution in [0.1, 0.15) is 31.7 Å². The van der Waals surface area contributed by atoms with Gasteiger partial charge in [0.1, 0.15) is 0 Å². The summed E-state index contributed by atoms with van der Waals surface area (Å²) < 4.78 is 26.3. The van der Waals surface area contributed by atoms with Gasteiger partial charge in [-0.2, -0.15) is 0 Å². The number of amides is 2. The molecule has 0 aliphatic carbocycles. The van der Waals surface area contributed by atoms with Crippen molar-refractivity contribution in [2.45, 2.75) is 26.2 Å². The van der Waals surface area contributed by atoms with Gasteiger partial charge in [0.25, 0.3) is 0 Å². The third kappa shape index (κ3) is 3.59. The fraction of sp³-hybridized carbons (Fsp3) is 0.300. The van der Waals surface area contributed by atoms with Crippen molar-refractivity contribution in [3.8, 4) is 0 Å². The van der Waals surface area contributed by atoms with Gasteiger partial charge in [0.05, 0.1) is 5.92 Å². The lowest BCUT2D eigenvalue weighted by molar-refractivity contribution is -0.122. The molecule has 4 nitrogen and oxygen atoms in total. The van der Waals surface area contributed by atoms with Crippen LogP contribution in [-0.2, 0) is 9.59 Å². The summed E-state index contributed by atoms with van der Waals surface area (Å²) in [5, 5.41) is 2.56. The highest BCUT2D eigenvalue weighted by Crippen LogP contribution is 2.32. The molecule has 0 bridgehead atoms. The van der Waals surface area contributed by atoms with Crippen molar-refractivity contribution in [1.29, 1.82) is 0 Å². The summed E-state index contributed by atoms with van der Waals surface area (Å²) in [6.07, 6.45) is 0.0853. The van der Waals surface area contributed by atoms with E-state index in [1.54, 1.807) is 4.90 Å². The minimum Gasteiger partial charge on any atom is -0.326 e. The number of hydrogen-bond donors (Lipinski definition) is 1. The van der Waals surface area contributed by atoms with Crippen molar-refractivity contribution in [2.24, 2.45) is 5.92 Å². The molecule has 136 valence electrons. The number of carbonyl (C=O) groups is 2. The van der Waals surface area contributed by atoms with Gasteiger partial charge in [-0.3, -0.25) is 9.59 Å². The molecule has 1 unspecified atom stereocenters. The van der Waals surface area contributed by atoms with Crippen molar-refractivity contribution in [2.75, 3.05) is 16.8 Å². The maximum absolute atomic E-state index is 13.3. The number of halogens is 2. The Morgan fingerprint density at radius 3 is 2.58 bits per heavy atom. The van der Waals surface area contributed by atoms with Crippen molar-refractivity contribution in [1.82, 2.24) is 0 Å². The molecule has 1 heterocycles. The van der Waals surface area contributed by atoms with Crippen LogP contribution in [0.2, 0.25) is 0 Å². The molecule has 0 radical (unpaired) electrons. The standard InChI is InChI=1S/C20H20F2N2O2/c1-12(2)15-5-3-4-6-18(15)24-11-13(9-19(24)25)20(26)23-14-7-8-16(21)17(22)10-14/h3-8,10,12-13H,9,11H2,1-2H3,(H,23,26). The summed E-state index contributed by atoms with van der Waals surface area (Å²) in [5.74, 6) is -2.81. The second-order valence-corrected chi connectivity index (χ2v) is 6.74. The fourth-order valence-electron chi connectivity index (χ4n) is 3.16. The number of rotatable bonds is 4. The van der Waals surface area contributed by atoms with Gasteiger partial charge in [-0.1, -0.05) is 32.0 Å². The van der Waals surface area contributed by atoms with Crippen LogP contribution < -0.4 is 10.2 Å². The maximum Gasteiger partial charge on any atom is 0.229 e. The molecule has 6 heteroatoms. The average Bonchev–Trinajstić information content (AvgIpc) is 3.00. The number of para-hydroxylation sites is 1. The molecule has 2 aromatic carbocycles. The van der Waals surface area contributed by atoms with Gasteiger partial charge >= 0.3 is 0 Å². The number of hydrogen-bond acceptors (Lipinski definition) is 2. The number of benzene rings is 2. The maximum atomic E-state index is 13.3. The van der Waals surface area contributed by atoms with E-state index in [0.29, 0.717) is 0 Å². The van der Waals surface area contributed by atoms with Gasteiger partial charge in [0.2, 0.25) is 11.8 Å². The number of carbonyl (C=O) groups excluding carboxylic acids is 2. The third-order valence-electron chi connectivity index (χ3n) is 4.53. The largest absolute Gasteiger partial charge is 0.326 e. The highest BCUT2D eigenvalue weighted by molar-refractivity contribution is 6.03. The Hall–Kier alpha value is -2.76. The first kappa shape index (κ1) is 18.0. The zero-order valence-electron chi connectivity index (χ0n) is 14.6. The molecular formula is C20H20F2N2O2. The Balaban J connectivity index is 1.75. The first-order valence-electron chi connectivity index (χ1n) is 8.52. The number of nitrogens with zero attached hydrogens (tertiary/aromatic N) is 1. The average molecular weight is 358 g/mol. The zero-order chi connectivity index (χ0) is 18.8. The summed E-state index contributed by atoms with van der Waals surface area (Å²) in [6, 6.07) is 10.8. The third-order valence-corrected chi connectivity index (χ3v) is 4.53. The fourth-order valence-corrected chi connectivity index (χ4v) is 3.16. The molecular weight excluding hydrogens is 338 g/mol. The molecule has 2 amide bonds. The van der Waals surface area contributed by atoms with Crippen LogP contribution in [-0.4, -0.2) is 18.4 Å². The van der Waals surface area contributed by atoms with Gasteiger partial charge in [-0.15, -0.1) is 0 Å². The van der Waals surface area contributed by atoms with Crippen LogP contribution >= 0.6 is 0 Å². The smallest absolute Gasteiger partial charge is 0.229 e. The number of nitrogens with one attached hydrogen (secondary N) is 1. The monoisotopic (exact) mass is 358 g/mol. The minimum absolute atomic E-state index is 0.0853. The van der Waals surface area contributed by atoms with Gasteiger partial charge in [0.15, 0.2) is 11.6 Å². The van der Waals surface area contributed by atoms with Crippen LogP contribution in [0.4, 0.5) is 20.2 Å². The summed E-state index contributed by atoms with van der Waals surface area (Å²) in [7, 11) is 0. The lowest BCUT2D eigenvalue weighted by Crippen LogP contribution is -2.29. The summed E-state index contributed by atoms with van der Waals surface area (Å²) in [5.41, 5.74) is 2.03. The summed E-state index contributed by atoms with van der Waals surface area (Å²) in [4.78, 5) is 26.5. The first-order valence-corrected chi connectivity index (χ1v) is 8.52. The van der Waals surface area contributed by atoms with E-state index >= 15 is 0 Å². The molecule has 3 rings (SSSR count). The number of anilines is 2. The Morgan fingerprint density at radius 2 is 1.88 bits per heavy atom. The molecule has 26 heavy (non-hydrogen) atoms. The molecule has 1 saturated heterocycles. The summed E-state index contributed by atoms with van der Waals surface area (Å²) >= 11 is 0. The SMILES string of the molecule is CC(C)c1ccccc1N1CC(C(=O)Nc2ccc(F)c(F)c2)CC1=O. The predicted octanol–water partition coefficient (Wildman–Crippen LogP) is 4.08. The van der Waals surface area contributed by atoms with Crippen LogP contribution in [0.15, 0.2) is 42.5 Å². The molecule has 1 aliphatic heterocycles. The highest BCUT2D eigenvalue weighted by atomic mass is 19.2. The van der Waals surface area contributed by atoms with E-state index in [-0.39, 0.29) is 36.4 Å². The van der Waals surface area contributed by atoms with E-state index in [1.807, 2.05) is 38.1 Å². The van der Waals surface area contributed by atoms with Crippen molar-refractivity contribution in [3.63, 3.8) is 0 Å². The van der Waals surface area contributed by atoms with E-state index in [9.17, 15) is 18.4 Å². The molecule has 1 N–H and O–H groups in total.